The molecule has 4 rings (SSSR count). The monoisotopic (exact) mass is 322 g/mol. The highest BCUT2D eigenvalue weighted by Gasteiger charge is 2.34. The van der Waals surface area contributed by atoms with Crippen molar-refractivity contribution < 1.29 is 9.21 Å². The van der Waals surface area contributed by atoms with E-state index in [1.54, 1.807) is 6.92 Å². The molecule has 122 valence electrons. The fourth-order valence-corrected chi connectivity index (χ4v) is 3.23. The van der Waals surface area contributed by atoms with Gasteiger partial charge in [-0.3, -0.25) is 4.79 Å². The van der Waals surface area contributed by atoms with Crippen molar-refractivity contribution in [1.82, 2.24) is 19.4 Å². The maximum Gasteiger partial charge on any atom is 0.292 e. The van der Waals surface area contributed by atoms with Crippen LogP contribution in [0.5, 0.6) is 0 Å². The largest absolute Gasteiger partial charge is 0.438 e. The van der Waals surface area contributed by atoms with Crippen LogP contribution in [0.3, 0.4) is 0 Å². The standard InChI is InChI=1S/C18H18N4O2/c1-12-8-19-16-10-22(18(23)17-13(2)20-11-24-17)15(9-21(12)16)14-6-4-3-5-7-14/h3-8,11,15H,9-10H2,1-2H3/t15-/m0/s1. The fraction of sp³-hybridized carbons (Fsp3) is 0.278. The Morgan fingerprint density at radius 1 is 1.21 bits per heavy atom. The highest BCUT2D eigenvalue weighted by Crippen LogP contribution is 2.31. The second-order valence-corrected chi connectivity index (χ2v) is 6.05. The third-order valence-electron chi connectivity index (χ3n) is 4.57. The number of oxazole rings is 1. The van der Waals surface area contributed by atoms with Crippen molar-refractivity contribution in [3.8, 4) is 0 Å². The minimum atomic E-state index is -0.147. The quantitative estimate of drug-likeness (QED) is 0.728. The molecule has 0 radical (unpaired) electrons. The number of hydrogen-bond acceptors (Lipinski definition) is 4. The topological polar surface area (TPSA) is 64.2 Å². The molecular formula is C18H18N4O2. The first-order chi connectivity index (χ1) is 11.6. The van der Waals surface area contributed by atoms with Crippen LogP contribution < -0.4 is 0 Å². The zero-order valence-corrected chi connectivity index (χ0v) is 13.6. The summed E-state index contributed by atoms with van der Waals surface area (Å²) < 4.78 is 7.50. The smallest absolute Gasteiger partial charge is 0.292 e. The van der Waals surface area contributed by atoms with Gasteiger partial charge >= 0.3 is 0 Å². The van der Waals surface area contributed by atoms with Gasteiger partial charge in [-0.15, -0.1) is 0 Å². The van der Waals surface area contributed by atoms with Crippen LogP contribution in [0.2, 0.25) is 0 Å². The molecule has 3 heterocycles. The van der Waals surface area contributed by atoms with Crippen LogP contribution in [0.1, 0.15) is 39.4 Å². The summed E-state index contributed by atoms with van der Waals surface area (Å²) in [6, 6.07) is 10.0. The first-order valence-electron chi connectivity index (χ1n) is 7.92. The molecule has 1 amide bonds. The van der Waals surface area contributed by atoms with E-state index in [1.807, 2.05) is 36.2 Å². The van der Waals surface area contributed by atoms with E-state index in [-0.39, 0.29) is 11.9 Å². The lowest BCUT2D eigenvalue weighted by Gasteiger charge is -2.36. The number of aromatic nitrogens is 3. The van der Waals surface area contributed by atoms with Crippen LogP contribution in [0.25, 0.3) is 0 Å². The number of hydrogen-bond donors (Lipinski definition) is 0. The summed E-state index contributed by atoms with van der Waals surface area (Å²) >= 11 is 0. The summed E-state index contributed by atoms with van der Waals surface area (Å²) in [5, 5.41) is 0. The molecule has 3 aromatic rings. The molecule has 24 heavy (non-hydrogen) atoms. The molecule has 0 N–H and O–H groups in total. The van der Waals surface area contributed by atoms with Gasteiger partial charge < -0.3 is 13.9 Å². The molecule has 0 unspecified atom stereocenters. The number of rotatable bonds is 2. The number of fused-ring (bicyclic) bond motifs is 1. The van der Waals surface area contributed by atoms with Crippen molar-refractivity contribution in [2.75, 3.05) is 0 Å². The molecule has 1 aliphatic rings. The molecule has 0 aliphatic carbocycles. The van der Waals surface area contributed by atoms with Crippen molar-refractivity contribution in [3.05, 3.63) is 71.5 Å². The molecule has 6 nitrogen and oxygen atoms in total. The number of amides is 1. The zero-order valence-electron chi connectivity index (χ0n) is 13.6. The SMILES string of the molecule is Cc1ncoc1C(=O)N1Cc2ncc(C)n2C[C@H]1c1ccccc1. The lowest BCUT2D eigenvalue weighted by Crippen LogP contribution is -2.41. The number of aryl methyl sites for hydroxylation is 2. The summed E-state index contributed by atoms with van der Waals surface area (Å²) in [7, 11) is 0. The van der Waals surface area contributed by atoms with Crippen molar-refractivity contribution >= 4 is 5.91 Å². The Balaban J connectivity index is 1.77. The first-order valence-corrected chi connectivity index (χ1v) is 7.92. The third-order valence-corrected chi connectivity index (χ3v) is 4.57. The van der Waals surface area contributed by atoms with Gasteiger partial charge in [0.1, 0.15) is 5.82 Å². The van der Waals surface area contributed by atoms with Gasteiger partial charge in [0, 0.05) is 18.4 Å². The molecule has 0 saturated heterocycles. The van der Waals surface area contributed by atoms with Crippen LogP contribution in [0.4, 0.5) is 0 Å². The Kier molecular flexibility index (Phi) is 3.45. The predicted molar refractivity (Wildman–Crippen MR) is 87.3 cm³/mol. The van der Waals surface area contributed by atoms with Crippen molar-refractivity contribution in [2.24, 2.45) is 0 Å². The van der Waals surface area contributed by atoms with E-state index in [0.717, 1.165) is 17.1 Å². The predicted octanol–water partition coefficient (Wildman–Crippen LogP) is 2.89. The zero-order chi connectivity index (χ0) is 16.7. The van der Waals surface area contributed by atoms with Crippen molar-refractivity contribution in [3.63, 3.8) is 0 Å². The molecule has 0 fully saturated rings. The van der Waals surface area contributed by atoms with Crippen molar-refractivity contribution in [1.29, 1.82) is 0 Å². The van der Waals surface area contributed by atoms with E-state index < -0.39 is 0 Å². The average Bonchev–Trinajstić information content (AvgIpc) is 3.20. The Bertz CT molecular complexity index is 882. The lowest BCUT2D eigenvalue weighted by molar-refractivity contribution is 0.0549. The van der Waals surface area contributed by atoms with E-state index in [2.05, 4.69) is 26.7 Å². The number of carbonyl (C=O) groups excluding carboxylic acids is 1. The van der Waals surface area contributed by atoms with Gasteiger partial charge in [0.25, 0.3) is 5.91 Å². The van der Waals surface area contributed by atoms with Crippen LogP contribution >= 0.6 is 0 Å². The maximum absolute atomic E-state index is 13.0. The fourth-order valence-electron chi connectivity index (χ4n) is 3.23. The highest BCUT2D eigenvalue weighted by atomic mass is 16.3. The Morgan fingerprint density at radius 3 is 2.71 bits per heavy atom. The van der Waals surface area contributed by atoms with E-state index in [1.165, 1.54) is 6.39 Å². The van der Waals surface area contributed by atoms with Gasteiger partial charge in [0.2, 0.25) is 5.76 Å². The van der Waals surface area contributed by atoms with E-state index in [9.17, 15) is 4.79 Å². The van der Waals surface area contributed by atoms with Crippen molar-refractivity contribution in [2.45, 2.75) is 33.0 Å². The summed E-state index contributed by atoms with van der Waals surface area (Å²) in [4.78, 5) is 23.3. The number of benzene rings is 1. The van der Waals surface area contributed by atoms with E-state index >= 15 is 0 Å². The lowest BCUT2D eigenvalue weighted by atomic mass is 10.0. The normalized spacial score (nSPS) is 16.9. The number of nitrogens with zero attached hydrogens (tertiary/aromatic N) is 4. The molecule has 0 bridgehead atoms. The van der Waals surface area contributed by atoms with Crippen LogP contribution in [-0.2, 0) is 13.1 Å². The number of imidazole rings is 1. The average molecular weight is 322 g/mol. The molecule has 2 aromatic heterocycles. The molecule has 0 saturated carbocycles. The maximum atomic E-state index is 13.0. The Hall–Kier alpha value is -2.89. The number of carbonyl (C=O) groups is 1. The molecular weight excluding hydrogens is 304 g/mol. The molecule has 1 aliphatic heterocycles. The summed E-state index contributed by atoms with van der Waals surface area (Å²) in [5.41, 5.74) is 2.81. The third kappa shape index (κ3) is 2.31. The minimum Gasteiger partial charge on any atom is -0.438 e. The van der Waals surface area contributed by atoms with Gasteiger partial charge in [0.05, 0.1) is 18.3 Å². The van der Waals surface area contributed by atoms with E-state index in [0.29, 0.717) is 24.5 Å². The van der Waals surface area contributed by atoms with Crippen LogP contribution in [-0.4, -0.2) is 25.3 Å². The molecule has 1 aromatic carbocycles. The van der Waals surface area contributed by atoms with Crippen LogP contribution in [0.15, 0.2) is 47.3 Å². The second kappa shape index (κ2) is 5.63. The molecule has 0 spiro atoms. The molecule has 1 atom stereocenters. The van der Waals surface area contributed by atoms with Gasteiger partial charge in [-0.05, 0) is 19.4 Å². The van der Waals surface area contributed by atoms with Gasteiger partial charge in [-0.25, -0.2) is 9.97 Å². The Labute approximate surface area is 139 Å². The second-order valence-electron chi connectivity index (χ2n) is 6.05. The summed E-state index contributed by atoms with van der Waals surface area (Å²) in [5.74, 6) is 1.05. The van der Waals surface area contributed by atoms with Gasteiger partial charge in [-0.1, -0.05) is 30.3 Å². The van der Waals surface area contributed by atoms with Crippen LogP contribution in [0, 0.1) is 13.8 Å². The summed E-state index contributed by atoms with van der Waals surface area (Å²) in [6.07, 6.45) is 3.17. The highest BCUT2D eigenvalue weighted by molar-refractivity contribution is 5.92. The minimum absolute atomic E-state index is 0.0661. The Morgan fingerprint density at radius 2 is 2.00 bits per heavy atom. The van der Waals surface area contributed by atoms with Gasteiger partial charge in [0.15, 0.2) is 6.39 Å². The first kappa shape index (κ1) is 14.7. The van der Waals surface area contributed by atoms with E-state index in [4.69, 9.17) is 4.42 Å². The summed E-state index contributed by atoms with van der Waals surface area (Å²) in [6.45, 7) is 4.95. The van der Waals surface area contributed by atoms with Gasteiger partial charge in [-0.2, -0.15) is 0 Å². The molecule has 6 heteroatoms.